The molecule has 1 aromatic heterocycles. The fourth-order valence-electron chi connectivity index (χ4n) is 5.24. The summed E-state index contributed by atoms with van der Waals surface area (Å²) in [5.41, 5.74) is 2.32. The van der Waals surface area contributed by atoms with Crippen LogP contribution in [0.25, 0.3) is 6.08 Å². The number of nitrogens with zero attached hydrogens (tertiary/aromatic N) is 2. The highest BCUT2D eigenvalue weighted by atomic mass is 35.5. The minimum atomic E-state index is -3.97. The van der Waals surface area contributed by atoms with E-state index in [0.29, 0.717) is 40.2 Å². The van der Waals surface area contributed by atoms with Gasteiger partial charge in [-0.15, -0.1) is 0 Å². The van der Waals surface area contributed by atoms with Crippen LogP contribution in [0, 0.1) is 6.92 Å². The zero-order chi connectivity index (χ0) is 31.6. The molecule has 44 heavy (non-hydrogen) atoms. The van der Waals surface area contributed by atoms with Crippen molar-refractivity contribution in [2.75, 3.05) is 20.3 Å². The average Bonchev–Trinajstić information content (AvgIpc) is 3.73. The van der Waals surface area contributed by atoms with E-state index in [1.165, 1.54) is 22.4 Å². The van der Waals surface area contributed by atoms with Crippen LogP contribution in [0.5, 0.6) is 0 Å². The molecule has 1 fully saturated rings. The number of amides is 1. The van der Waals surface area contributed by atoms with Crippen LogP contribution >= 0.6 is 23.2 Å². The van der Waals surface area contributed by atoms with Crippen molar-refractivity contribution in [2.24, 2.45) is 0 Å². The molecule has 0 radical (unpaired) electrons. The van der Waals surface area contributed by atoms with Crippen LogP contribution in [-0.4, -0.2) is 55.9 Å². The number of aryl methyl sites for hydroxylation is 1. The highest BCUT2D eigenvalue weighted by Crippen LogP contribution is 2.33. The fraction of sp³-hybridized carbons (Fsp3) is 0.312. The van der Waals surface area contributed by atoms with Gasteiger partial charge in [0, 0.05) is 18.8 Å². The number of furan rings is 1. The molecule has 0 unspecified atom stereocenters. The molecule has 2 aliphatic heterocycles. The Kier molecular flexibility index (Phi) is 9.67. The Hall–Kier alpha value is -3.41. The predicted octanol–water partition coefficient (Wildman–Crippen LogP) is 6.14. The lowest BCUT2D eigenvalue weighted by Crippen LogP contribution is -2.33. The summed E-state index contributed by atoms with van der Waals surface area (Å²) >= 11 is 12.3. The van der Waals surface area contributed by atoms with Gasteiger partial charge in [-0.05, 0) is 74.7 Å². The van der Waals surface area contributed by atoms with E-state index in [9.17, 15) is 18.0 Å². The number of hydrogen-bond donors (Lipinski definition) is 0. The van der Waals surface area contributed by atoms with Crippen molar-refractivity contribution in [1.82, 2.24) is 9.21 Å². The molecule has 2 aromatic carbocycles. The Morgan fingerprint density at radius 3 is 2.48 bits per heavy atom. The molecule has 1 amide bonds. The summed E-state index contributed by atoms with van der Waals surface area (Å²) in [5.74, 6) is -0.395. The molecule has 3 aromatic rings. The van der Waals surface area contributed by atoms with Gasteiger partial charge in [-0.2, -0.15) is 4.31 Å². The van der Waals surface area contributed by atoms with E-state index in [1.807, 2.05) is 6.92 Å². The van der Waals surface area contributed by atoms with Gasteiger partial charge < -0.3 is 18.8 Å². The number of halogens is 2. The van der Waals surface area contributed by atoms with Crippen molar-refractivity contribution in [3.05, 3.63) is 104 Å². The van der Waals surface area contributed by atoms with Crippen LogP contribution < -0.4 is 0 Å². The van der Waals surface area contributed by atoms with Crippen molar-refractivity contribution in [2.45, 2.75) is 50.8 Å². The first-order chi connectivity index (χ1) is 21.0. The first kappa shape index (κ1) is 32.0. The Balaban J connectivity index is 1.45. The average molecular weight is 660 g/mol. The summed E-state index contributed by atoms with van der Waals surface area (Å²) in [7, 11) is -2.71. The van der Waals surface area contributed by atoms with Crippen molar-refractivity contribution in [3.63, 3.8) is 0 Å². The number of carbonyl (C=O) groups is 2. The SMILES string of the molecule is COC(=O)C1=C(C)N(C[C@@H]2CCCO2)C(=O)/C1=C/c1ccc(CN(Cc2ccc(Cl)c(Cl)c2)S(=O)(=O)c2ccc(C)cc2)o1. The lowest BCUT2D eigenvalue weighted by molar-refractivity contribution is -0.136. The van der Waals surface area contributed by atoms with Crippen LogP contribution in [0.2, 0.25) is 10.0 Å². The van der Waals surface area contributed by atoms with Gasteiger partial charge in [0.05, 0.1) is 52.4 Å². The van der Waals surface area contributed by atoms with Gasteiger partial charge in [-0.3, -0.25) is 4.79 Å². The van der Waals surface area contributed by atoms with Crippen LogP contribution in [-0.2, 0) is 42.2 Å². The zero-order valence-electron chi connectivity index (χ0n) is 24.5. The van der Waals surface area contributed by atoms with Gasteiger partial charge in [0.2, 0.25) is 10.0 Å². The third kappa shape index (κ3) is 6.79. The molecule has 0 saturated carbocycles. The topological polar surface area (TPSA) is 106 Å². The predicted molar refractivity (Wildman–Crippen MR) is 166 cm³/mol. The van der Waals surface area contributed by atoms with E-state index in [0.717, 1.165) is 18.4 Å². The zero-order valence-corrected chi connectivity index (χ0v) is 26.8. The second kappa shape index (κ2) is 13.3. The quantitative estimate of drug-likeness (QED) is 0.190. The van der Waals surface area contributed by atoms with Gasteiger partial charge >= 0.3 is 5.97 Å². The first-order valence-corrected chi connectivity index (χ1v) is 16.2. The molecule has 9 nitrogen and oxygen atoms in total. The summed E-state index contributed by atoms with van der Waals surface area (Å²) in [6, 6.07) is 14.8. The Morgan fingerprint density at radius 1 is 1.07 bits per heavy atom. The molecule has 1 atom stereocenters. The lowest BCUT2D eigenvalue weighted by Gasteiger charge is -2.22. The van der Waals surface area contributed by atoms with Crippen LogP contribution in [0.15, 0.2) is 80.8 Å². The number of sulfonamides is 1. The monoisotopic (exact) mass is 658 g/mol. The first-order valence-electron chi connectivity index (χ1n) is 14.0. The lowest BCUT2D eigenvalue weighted by atomic mass is 10.1. The van der Waals surface area contributed by atoms with Gasteiger partial charge in [0.25, 0.3) is 5.91 Å². The normalized spacial score (nSPS) is 18.2. The van der Waals surface area contributed by atoms with Gasteiger partial charge in [0.15, 0.2) is 0 Å². The van der Waals surface area contributed by atoms with Gasteiger partial charge in [-0.1, -0.05) is 47.0 Å². The maximum absolute atomic E-state index is 13.8. The van der Waals surface area contributed by atoms with Crippen molar-refractivity contribution >= 4 is 51.2 Å². The Labute approximate surface area is 266 Å². The summed E-state index contributed by atoms with van der Waals surface area (Å²) in [6.07, 6.45) is 3.11. The van der Waals surface area contributed by atoms with Crippen molar-refractivity contribution in [3.8, 4) is 0 Å². The minimum Gasteiger partial charge on any atom is -0.465 e. The molecule has 0 spiro atoms. The molecule has 0 N–H and O–H groups in total. The highest BCUT2D eigenvalue weighted by Gasteiger charge is 2.39. The molecule has 232 valence electrons. The molecule has 0 aliphatic carbocycles. The highest BCUT2D eigenvalue weighted by molar-refractivity contribution is 7.89. The Morgan fingerprint density at radius 2 is 1.82 bits per heavy atom. The number of allylic oxidation sites excluding steroid dienone is 1. The molecule has 2 aliphatic rings. The second-order valence-electron chi connectivity index (χ2n) is 10.7. The van der Waals surface area contributed by atoms with E-state index in [-0.39, 0.29) is 46.9 Å². The molecule has 1 saturated heterocycles. The Bertz CT molecular complexity index is 1740. The summed E-state index contributed by atoms with van der Waals surface area (Å²) in [4.78, 5) is 27.9. The number of ether oxygens (including phenoxy) is 2. The number of benzene rings is 2. The largest absolute Gasteiger partial charge is 0.465 e. The maximum atomic E-state index is 13.8. The van der Waals surface area contributed by atoms with Gasteiger partial charge in [-0.25, -0.2) is 13.2 Å². The number of carbonyl (C=O) groups excluding carboxylic acids is 2. The number of rotatable bonds is 10. The van der Waals surface area contributed by atoms with Gasteiger partial charge in [0.1, 0.15) is 11.5 Å². The molecule has 12 heteroatoms. The third-order valence-electron chi connectivity index (χ3n) is 7.61. The van der Waals surface area contributed by atoms with E-state index < -0.39 is 16.0 Å². The molecule has 5 rings (SSSR count). The van der Waals surface area contributed by atoms with Crippen molar-refractivity contribution < 1.29 is 31.9 Å². The molecule has 3 heterocycles. The standard InChI is InChI=1S/C32H32Cl2N2O7S/c1-20-6-11-26(12-7-20)44(39,40)35(17-22-8-13-28(33)29(34)15-22)18-25-10-9-23(43-25)16-27-30(32(38)41-3)21(2)36(31(27)37)19-24-5-4-14-42-24/h6-13,15-16,24H,4-5,14,17-19H2,1-3H3/b27-16+/t24-/m0/s1. The van der Waals surface area contributed by atoms with Crippen molar-refractivity contribution in [1.29, 1.82) is 0 Å². The van der Waals surface area contributed by atoms with E-state index in [4.69, 9.17) is 37.1 Å². The summed E-state index contributed by atoms with van der Waals surface area (Å²) in [6.45, 7) is 4.42. The van der Waals surface area contributed by atoms with E-state index >= 15 is 0 Å². The molecular formula is C32H32Cl2N2O7S. The number of hydrogen-bond acceptors (Lipinski definition) is 7. The summed E-state index contributed by atoms with van der Waals surface area (Å²) in [5, 5.41) is 0.668. The second-order valence-corrected chi connectivity index (χ2v) is 13.5. The summed E-state index contributed by atoms with van der Waals surface area (Å²) < 4.78 is 45.6. The smallest absolute Gasteiger partial charge is 0.340 e. The fourth-order valence-corrected chi connectivity index (χ4v) is 6.95. The van der Waals surface area contributed by atoms with Crippen LogP contribution in [0.4, 0.5) is 0 Å². The van der Waals surface area contributed by atoms with E-state index in [1.54, 1.807) is 61.5 Å². The molecular weight excluding hydrogens is 627 g/mol. The van der Waals surface area contributed by atoms with E-state index in [2.05, 4.69) is 0 Å². The third-order valence-corrected chi connectivity index (χ3v) is 10.2. The maximum Gasteiger partial charge on any atom is 0.340 e. The minimum absolute atomic E-state index is 0.00464. The molecule has 0 bridgehead atoms. The number of methoxy groups -OCH3 is 1. The number of esters is 1. The van der Waals surface area contributed by atoms with Crippen LogP contribution in [0.3, 0.4) is 0 Å². The van der Waals surface area contributed by atoms with Crippen LogP contribution in [0.1, 0.15) is 42.4 Å².